The van der Waals surface area contributed by atoms with Gasteiger partial charge >= 0.3 is 0 Å². The Bertz CT molecular complexity index is 496. The van der Waals surface area contributed by atoms with Gasteiger partial charge in [0.25, 0.3) is 0 Å². The molecular weight excluding hydrogens is 260 g/mol. The standard InChI is InChI=1S/C18H28N2O/c1-4-16(19)14-9-8-13-6-5-7-17(15(13)11-14)20-18(21)10-12(2)3/h8-9,11-12,16-17H,4-7,10,19H2,1-3H3,(H,20,21). The smallest absolute Gasteiger partial charge is 0.220 e. The minimum atomic E-state index is 0.0873. The second-order valence-electron chi connectivity index (χ2n) is 6.58. The van der Waals surface area contributed by atoms with E-state index in [1.807, 2.05) is 0 Å². The van der Waals surface area contributed by atoms with Gasteiger partial charge in [0.2, 0.25) is 5.91 Å². The molecule has 0 aliphatic heterocycles. The Morgan fingerprint density at radius 2 is 2.19 bits per heavy atom. The third-order valence-corrected chi connectivity index (χ3v) is 4.28. The van der Waals surface area contributed by atoms with Crippen molar-refractivity contribution in [1.82, 2.24) is 5.32 Å². The van der Waals surface area contributed by atoms with Crippen molar-refractivity contribution in [3.63, 3.8) is 0 Å². The van der Waals surface area contributed by atoms with E-state index in [1.165, 1.54) is 16.7 Å². The number of rotatable bonds is 5. The highest BCUT2D eigenvalue weighted by molar-refractivity contribution is 5.76. The van der Waals surface area contributed by atoms with Crippen LogP contribution in [0.4, 0.5) is 0 Å². The highest BCUT2D eigenvalue weighted by Gasteiger charge is 2.23. The van der Waals surface area contributed by atoms with E-state index in [1.54, 1.807) is 0 Å². The van der Waals surface area contributed by atoms with Gasteiger partial charge in [-0.1, -0.05) is 39.0 Å². The Balaban J connectivity index is 2.18. The maximum atomic E-state index is 12.1. The van der Waals surface area contributed by atoms with Crippen molar-refractivity contribution in [1.29, 1.82) is 0 Å². The van der Waals surface area contributed by atoms with Gasteiger partial charge in [0.15, 0.2) is 0 Å². The molecule has 116 valence electrons. The highest BCUT2D eigenvalue weighted by Crippen LogP contribution is 2.32. The molecule has 1 aliphatic rings. The first kappa shape index (κ1) is 16.0. The van der Waals surface area contributed by atoms with Gasteiger partial charge in [-0.2, -0.15) is 0 Å². The first-order chi connectivity index (χ1) is 10.0. The van der Waals surface area contributed by atoms with E-state index in [4.69, 9.17) is 5.73 Å². The van der Waals surface area contributed by atoms with Crippen LogP contribution in [-0.2, 0) is 11.2 Å². The summed E-state index contributed by atoms with van der Waals surface area (Å²) < 4.78 is 0. The first-order valence-electron chi connectivity index (χ1n) is 8.19. The van der Waals surface area contributed by atoms with Gasteiger partial charge in [0.05, 0.1) is 6.04 Å². The van der Waals surface area contributed by atoms with Gasteiger partial charge in [-0.15, -0.1) is 0 Å². The van der Waals surface area contributed by atoms with E-state index >= 15 is 0 Å². The zero-order valence-electron chi connectivity index (χ0n) is 13.5. The van der Waals surface area contributed by atoms with Crippen LogP contribution in [0.1, 0.15) is 75.2 Å². The molecule has 1 aromatic rings. The molecule has 0 fully saturated rings. The molecule has 3 nitrogen and oxygen atoms in total. The lowest BCUT2D eigenvalue weighted by Gasteiger charge is -2.28. The molecule has 0 saturated heterocycles. The number of hydrogen-bond acceptors (Lipinski definition) is 2. The fourth-order valence-electron chi connectivity index (χ4n) is 3.06. The summed E-state index contributed by atoms with van der Waals surface area (Å²) in [6.45, 7) is 6.26. The van der Waals surface area contributed by atoms with Gasteiger partial charge in [0, 0.05) is 12.5 Å². The first-order valence-corrected chi connectivity index (χ1v) is 8.19. The Morgan fingerprint density at radius 1 is 1.43 bits per heavy atom. The van der Waals surface area contributed by atoms with Crippen LogP contribution in [-0.4, -0.2) is 5.91 Å². The number of nitrogens with two attached hydrogens (primary N) is 1. The van der Waals surface area contributed by atoms with Crippen molar-refractivity contribution in [3.05, 3.63) is 34.9 Å². The van der Waals surface area contributed by atoms with E-state index < -0.39 is 0 Å². The van der Waals surface area contributed by atoms with Gasteiger partial charge in [0.1, 0.15) is 0 Å². The molecule has 0 heterocycles. The monoisotopic (exact) mass is 288 g/mol. The predicted octanol–water partition coefficient (Wildman–Crippen LogP) is 3.64. The number of aryl methyl sites for hydroxylation is 1. The maximum Gasteiger partial charge on any atom is 0.220 e. The van der Waals surface area contributed by atoms with Gasteiger partial charge in [-0.25, -0.2) is 0 Å². The highest BCUT2D eigenvalue weighted by atomic mass is 16.1. The van der Waals surface area contributed by atoms with Crippen LogP contribution in [0, 0.1) is 5.92 Å². The number of amides is 1. The second-order valence-corrected chi connectivity index (χ2v) is 6.58. The van der Waals surface area contributed by atoms with E-state index in [0.29, 0.717) is 12.3 Å². The normalized spacial score (nSPS) is 19.2. The van der Waals surface area contributed by atoms with E-state index in [0.717, 1.165) is 25.7 Å². The zero-order valence-corrected chi connectivity index (χ0v) is 13.5. The number of carbonyl (C=O) groups is 1. The number of benzene rings is 1. The summed E-state index contributed by atoms with van der Waals surface area (Å²) in [6.07, 6.45) is 4.80. The molecule has 0 saturated carbocycles. The molecule has 0 spiro atoms. The number of hydrogen-bond donors (Lipinski definition) is 2. The molecule has 2 rings (SSSR count). The topological polar surface area (TPSA) is 55.1 Å². The van der Waals surface area contributed by atoms with E-state index in [9.17, 15) is 4.79 Å². The average molecular weight is 288 g/mol. The lowest BCUT2D eigenvalue weighted by atomic mass is 9.85. The lowest BCUT2D eigenvalue weighted by molar-refractivity contribution is -0.122. The largest absolute Gasteiger partial charge is 0.349 e. The molecule has 1 aliphatic carbocycles. The average Bonchev–Trinajstić information content (AvgIpc) is 2.45. The lowest BCUT2D eigenvalue weighted by Crippen LogP contribution is -2.31. The minimum absolute atomic E-state index is 0.0873. The Hall–Kier alpha value is -1.35. The van der Waals surface area contributed by atoms with Gasteiger partial charge < -0.3 is 11.1 Å². The van der Waals surface area contributed by atoms with Crippen molar-refractivity contribution in [3.8, 4) is 0 Å². The molecule has 1 aromatic carbocycles. The molecule has 0 aromatic heterocycles. The van der Waals surface area contributed by atoms with Crippen LogP contribution in [0.3, 0.4) is 0 Å². The van der Waals surface area contributed by atoms with E-state index in [2.05, 4.69) is 44.3 Å². The Morgan fingerprint density at radius 3 is 2.86 bits per heavy atom. The van der Waals surface area contributed by atoms with Crippen LogP contribution in [0.5, 0.6) is 0 Å². The van der Waals surface area contributed by atoms with Crippen molar-refractivity contribution in [2.24, 2.45) is 11.7 Å². The molecule has 21 heavy (non-hydrogen) atoms. The molecule has 0 bridgehead atoms. The predicted molar refractivity (Wildman–Crippen MR) is 86.9 cm³/mol. The number of nitrogens with one attached hydrogen (secondary N) is 1. The SMILES string of the molecule is CCC(N)c1ccc2c(c1)C(NC(=O)CC(C)C)CCC2. The van der Waals surface area contributed by atoms with Crippen LogP contribution < -0.4 is 11.1 Å². The Labute approximate surface area is 128 Å². The summed E-state index contributed by atoms with van der Waals surface area (Å²) in [5, 5.41) is 3.21. The zero-order chi connectivity index (χ0) is 15.4. The van der Waals surface area contributed by atoms with Crippen molar-refractivity contribution in [2.75, 3.05) is 0 Å². The van der Waals surface area contributed by atoms with Crippen molar-refractivity contribution < 1.29 is 4.79 Å². The van der Waals surface area contributed by atoms with Crippen molar-refractivity contribution >= 4 is 5.91 Å². The number of fused-ring (bicyclic) bond motifs is 1. The summed E-state index contributed by atoms with van der Waals surface area (Å²) in [5.74, 6) is 0.556. The van der Waals surface area contributed by atoms with Crippen LogP contribution in [0.2, 0.25) is 0 Å². The summed E-state index contributed by atoms with van der Waals surface area (Å²) in [4.78, 5) is 12.1. The van der Waals surface area contributed by atoms with E-state index in [-0.39, 0.29) is 18.0 Å². The van der Waals surface area contributed by atoms with Crippen molar-refractivity contribution in [2.45, 2.75) is 65.0 Å². The van der Waals surface area contributed by atoms with Gasteiger partial charge in [-0.05, 0) is 48.3 Å². The summed E-state index contributed by atoms with van der Waals surface area (Å²) >= 11 is 0. The number of carbonyl (C=O) groups excluding carboxylic acids is 1. The quantitative estimate of drug-likeness (QED) is 0.869. The third-order valence-electron chi connectivity index (χ3n) is 4.28. The third kappa shape index (κ3) is 4.07. The Kier molecular flexibility index (Phi) is 5.40. The van der Waals surface area contributed by atoms with Gasteiger partial charge in [-0.3, -0.25) is 4.79 Å². The second kappa shape index (κ2) is 7.08. The van der Waals surface area contributed by atoms with Crippen LogP contribution in [0.25, 0.3) is 0 Å². The molecule has 1 amide bonds. The molecule has 3 N–H and O–H groups in total. The molecular formula is C18H28N2O. The summed E-state index contributed by atoms with van der Waals surface area (Å²) in [7, 11) is 0. The fourth-order valence-corrected chi connectivity index (χ4v) is 3.06. The summed E-state index contributed by atoms with van der Waals surface area (Å²) in [5.41, 5.74) is 9.98. The molecule has 0 radical (unpaired) electrons. The fraction of sp³-hybridized carbons (Fsp3) is 0.611. The molecule has 3 heteroatoms. The molecule has 2 unspecified atom stereocenters. The van der Waals surface area contributed by atoms with Crippen LogP contribution >= 0.6 is 0 Å². The maximum absolute atomic E-state index is 12.1. The molecule has 2 atom stereocenters. The van der Waals surface area contributed by atoms with Crippen LogP contribution in [0.15, 0.2) is 18.2 Å². The summed E-state index contributed by atoms with van der Waals surface area (Å²) in [6, 6.07) is 6.79. The minimum Gasteiger partial charge on any atom is -0.349 e.